The maximum absolute atomic E-state index is 10.4. The third-order valence-electron chi connectivity index (χ3n) is 2.35. The molecule has 0 bridgehead atoms. The van der Waals surface area contributed by atoms with Crippen LogP contribution in [0.1, 0.15) is 46.5 Å². The van der Waals surface area contributed by atoms with E-state index in [1.807, 2.05) is 0 Å². The van der Waals surface area contributed by atoms with Crippen LogP contribution < -0.4 is 5.73 Å². The van der Waals surface area contributed by atoms with E-state index < -0.39 is 5.97 Å². The summed E-state index contributed by atoms with van der Waals surface area (Å²) in [5.41, 5.74) is 5.87. The van der Waals surface area contributed by atoms with Crippen LogP contribution in [0.25, 0.3) is 0 Å². The van der Waals surface area contributed by atoms with E-state index in [0.29, 0.717) is 6.42 Å². The average molecular weight is 187 g/mol. The SMILES string of the molecule is CCC(N)CC(C)(C)CCC(=O)O. The molecule has 3 N–H and O–H groups in total. The molecule has 0 aromatic carbocycles. The summed E-state index contributed by atoms with van der Waals surface area (Å²) in [5.74, 6) is -0.724. The van der Waals surface area contributed by atoms with Crippen molar-refractivity contribution in [2.24, 2.45) is 11.1 Å². The lowest BCUT2D eigenvalue weighted by molar-refractivity contribution is -0.137. The van der Waals surface area contributed by atoms with Gasteiger partial charge in [-0.15, -0.1) is 0 Å². The summed E-state index contributed by atoms with van der Waals surface area (Å²) >= 11 is 0. The van der Waals surface area contributed by atoms with Crippen LogP contribution >= 0.6 is 0 Å². The van der Waals surface area contributed by atoms with E-state index in [0.717, 1.165) is 12.8 Å². The summed E-state index contributed by atoms with van der Waals surface area (Å²) in [6.07, 6.45) is 2.80. The minimum atomic E-state index is -0.724. The first-order chi connectivity index (χ1) is 5.87. The van der Waals surface area contributed by atoms with Crippen LogP contribution in [0.2, 0.25) is 0 Å². The van der Waals surface area contributed by atoms with E-state index in [1.165, 1.54) is 0 Å². The average Bonchev–Trinajstić information content (AvgIpc) is 2.00. The molecule has 0 spiro atoms. The van der Waals surface area contributed by atoms with E-state index in [4.69, 9.17) is 10.8 Å². The van der Waals surface area contributed by atoms with E-state index in [9.17, 15) is 4.79 Å². The number of hydrogen-bond acceptors (Lipinski definition) is 2. The standard InChI is InChI=1S/C10H21NO2/c1-4-8(11)7-10(2,3)6-5-9(12)13/h8H,4-7,11H2,1-3H3,(H,12,13). The zero-order valence-corrected chi connectivity index (χ0v) is 8.84. The summed E-state index contributed by atoms with van der Waals surface area (Å²) in [5, 5.41) is 8.54. The Hall–Kier alpha value is -0.570. The molecule has 0 rings (SSSR count). The molecule has 0 aliphatic carbocycles. The summed E-state index contributed by atoms with van der Waals surface area (Å²) in [6, 6.07) is 0.198. The Bertz CT molecular complexity index is 166. The van der Waals surface area contributed by atoms with Gasteiger partial charge in [0.15, 0.2) is 0 Å². The van der Waals surface area contributed by atoms with Crippen molar-refractivity contribution in [1.29, 1.82) is 0 Å². The normalized spacial score (nSPS) is 14.2. The largest absolute Gasteiger partial charge is 0.481 e. The van der Waals surface area contributed by atoms with Crippen molar-refractivity contribution in [2.45, 2.75) is 52.5 Å². The highest BCUT2D eigenvalue weighted by molar-refractivity contribution is 5.66. The first kappa shape index (κ1) is 12.4. The molecule has 0 aromatic rings. The second kappa shape index (κ2) is 5.22. The lowest BCUT2D eigenvalue weighted by Crippen LogP contribution is -2.27. The maximum Gasteiger partial charge on any atom is 0.303 e. The number of carbonyl (C=O) groups is 1. The lowest BCUT2D eigenvalue weighted by atomic mass is 9.81. The van der Waals surface area contributed by atoms with Crippen LogP contribution in [0.15, 0.2) is 0 Å². The molecule has 13 heavy (non-hydrogen) atoms. The molecular weight excluding hydrogens is 166 g/mol. The molecular formula is C10H21NO2. The predicted molar refractivity (Wildman–Crippen MR) is 53.5 cm³/mol. The van der Waals surface area contributed by atoms with Gasteiger partial charge < -0.3 is 10.8 Å². The van der Waals surface area contributed by atoms with E-state index >= 15 is 0 Å². The predicted octanol–water partition coefficient (Wildman–Crippen LogP) is 2.00. The van der Waals surface area contributed by atoms with Crippen molar-refractivity contribution in [1.82, 2.24) is 0 Å². The van der Waals surface area contributed by atoms with Gasteiger partial charge in [-0.05, 0) is 24.7 Å². The molecule has 3 nitrogen and oxygen atoms in total. The fourth-order valence-corrected chi connectivity index (χ4v) is 1.40. The zero-order chi connectivity index (χ0) is 10.5. The van der Waals surface area contributed by atoms with E-state index in [2.05, 4.69) is 20.8 Å². The van der Waals surface area contributed by atoms with Crippen molar-refractivity contribution >= 4 is 5.97 Å². The molecule has 1 unspecified atom stereocenters. The van der Waals surface area contributed by atoms with Crippen molar-refractivity contribution in [2.75, 3.05) is 0 Å². The maximum atomic E-state index is 10.4. The Morgan fingerprint density at radius 2 is 2.08 bits per heavy atom. The van der Waals surface area contributed by atoms with Gasteiger partial charge in [-0.2, -0.15) is 0 Å². The Kier molecular flexibility index (Phi) is 4.99. The number of rotatable bonds is 6. The topological polar surface area (TPSA) is 63.3 Å². The van der Waals surface area contributed by atoms with Gasteiger partial charge in [0.05, 0.1) is 0 Å². The molecule has 78 valence electrons. The fraction of sp³-hybridized carbons (Fsp3) is 0.900. The van der Waals surface area contributed by atoms with Crippen molar-refractivity contribution in [3.63, 3.8) is 0 Å². The number of carboxylic acid groups (broad SMARTS) is 1. The van der Waals surface area contributed by atoms with Gasteiger partial charge in [-0.3, -0.25) is 4.79 Å². The molecule has 0 amide bonds. The first-order valence-electron chi connectivity index (χ1n) is 4.85. The van der Waals surface area contributed by atoms with Crippen LogP contribution in [0.4, 0.5) is 0 Å². The molecule has 3 heteroatoms. The van der Waals surface area contributed by atoms with Crippen LogP contribution in [0.3, 0.4) is 0 Å². The number of hydrogen-bond donors (Lipinski definition) is 2. The van der Waals surface area contributed by atoms with Gasteiger partial charge in [0.1, 0.15) is 0 Å². The van der Waals surface area contributed by atoms with Gasteiger partial charge in [0.25, 0.3) is 0 Å². The monoisotopic (exact) mass is 187 g/mol. The summed E-state index contributed by atoms with van der Waals surface area (Å²) in [7, 11) is 0. The number of nitrogens with two attached hydrogens (primary N) is 1. The van der Waals surface area contributed by atoms with Crippen molar-refractivity contribution in [3.8, 4) is 0 Å². The first-order valence-corrected chi connectivity index (χ1v) is 4.85. The second-order valence-electron chi connectivity index (χ2n) is 4.43. The van der Waals surface area contributed by atoms with E-state index in [-0.39, 0.29) is 17.9 Å². The Labute approximate surface area is 80.3 Å². The summed E-state index contributed by atoms with van der Waals surface area (Å²) in [4.78, 5) is 10.4. The van der Waals surface area contributed by atoms with Crippen LogP contribution in [-0.2, 0) is 4.79 Å². The van der Waals surface area contributed by atoms with Gasteiger partial charge >= 0.3 is 5.97 Å². The Morgan fingerprint density at radius 1 is 1.54 bits per heavy atom. The molecule has 0 saturated carbocycles. The highest BCUT2D eigenvalue weighted by Crippen LogP contribution is 2.28. The molecule has 0 heterocycles. The molecule has 0 aromatic heterocycles. The highest BCUT2D eigenvalue weighted by atomic mass is 16.4. The summed E-state index contributed by atoms with van der Waals surface area (Å²) < 4.78 is 0. The van der Waals surface area contributed by atoms with Gasteiger partial charge in [0.2, 0.25) is 0 Å². The van der Waals surface area contributed by atoms with Crippen LogP contribution in [0.5, 0.6) is 0 Å². The van der Waals surface area contributed by atoms with Crippen LogP contribution in [-0.4, -0.2) is 17.1 Å². The third-order valence-corrected chi connectivity index (χ3v) is 2.35. The fourth-order valence-electron chi connectivity index (χ4n) is 1.40. The molecule has 0 radical (unpaired) electrons. The minimum absolute atomic E-state index is 0.0494. The second-order valence-corrected chi connectivity index (χ2v) is 4.43. The Balaban J connectivity index is 3.85. The summed E-state index contributed by atoms with van der Waals surface area (Å²) in [6.45, 7) is 6.20. The zero-order valence-electron chi connectivity index (χ0n) is 8.84. The number of carboxylic acids is 1. The van der Waals surface area contributed by atoms with Gasteiger partial charge in [-0.25, -0.2) is 0 Å². The molecule has 0 fully saturated rings. The van der Waals surface area contributed by atoms with Crippen molar-refractivity contribution < 1.29 is 9.90 Å². The number of aliphatic carboxylic acids is 1. The molecule has 1 atom stereocenters. The van der Waals surface area contributed by atoms with Gasteiger partial charge in [0, 0.05) is 12.5 Å². The molecule has 0 saturated heterocycles. The smallest absolute Gasteiger partial charge is 0.303 e. The minimum Gasteiger partial charge on any atom is -0.481 e. The highest BCUT2D eigenvalue weighted by Gasteiger charge is 2.21. The molecule has 0 aliphatic rings. The third kappa shape index (κ3) is 6.58. The van der Waals surface area contributed by atoms with Crippen molar-refractivity contribution in [3.05, 3.63) is 0 Å². The lowest BCUT2D eigenvalue weighted by Gasteiger charge is -2.26. The van der Waals surface area contributed by atoms with Gasteiger partial charge in [-0.1, -0.05) is 20.8 Å². The molecule has 0 aliphatic heterocycles. The van der Waals surface area contributed by atoms with E-state index in [1.54, 1.807) is 0 Å². The van der Waals surface area contributed by atoms with Crippen LogP contribution in [0, 0.1) is 5.41 Å². The Morgan fingerprint density at radius 3 is 2.46 bits per heavy atom. The quantitative estimate of drug-likeness (QED) is 0.668.